The third kappa shape index (κ3) is 2.44. The highest BCUT2D eigenvalue weighted by Gasteiger charge is 2.19. The lowest BCUT2D eigenvalue weighted by molar-refractivity contribution is 0.0686. The molecule has 0 radical (unpaired) electrons. The Morgan fingerprint density at radius 3 is 2.36 bits per heavy atom. The number of aromatic carboxylic acids is 1. The number of hydrogen-bond acceptors (Lipinski definition) is 4. The Morgan fingerprint density at radius 1 is 0.955 bits per heavy atom. The first-order valence-electron chi connectivity index (χ1n) is 6.68. The number of pyridine rings is 1. The van der Waals surface area contributed by atoms with E-state index in [0.29, 0.717) is 17.3 Å². The molecule has 5 heteroatoms. The van der Waals surface area contributed by atoms with Crippen LogP contribution in [0.5, 0.6) is 11.5 Å². The van der Waals surface area contributed by atoms with E-state index in [1.807, 2.05) is 36.4 Å². The van der Waals surface area contributed by atoms with E-state index in [9.17, 15) is 15.0 Å². The summed E-state index contributed by atoms with van der Waals surface area (Å²) in [6.07, 6.45) is 0.664. The van der Waals surface area contributed by atoms with Crippen LogP contribution >= 0.6 is 0 Å². The van der Waals surface area contributed by atoms with Crippen molar-refractivity contribution in [2.24, 2.45) is 0 Å². The predicted octanol–water partition coefficient (Wildman–Crippen LogP) is 2.94. The molecule has 22 heavy (non-hydrogen) atoms. The van der Waals surface area contributed by atoms with Crippen LogP contribution in [0.4, 0.5) is 0 Å². The molecule has 0 atom stereocenters. The number of fused-ring (bicyclic) bond motifs is 1. The van der Waals surface area contributed by atoms with E-state index in [-0.39, 0.29) is 0 Å². The molecule has 0 aliphatic carbocycles. The molecule has 0 fully saturated rings. The van der Waals surface area contributed by atoms with Gasteiger partial charge in [-0.2, -0.15) is 0 Å². The largest absolute Gasteiger partial charge is 0.504 e. The van der Waals surface area contributed by atoms with Crippen LogP contribution in [-0.4, -0.2) is 26.3 Å². The average Bonchev–Trinajstić information content (AvgIpc) is 2.52. The number of carbonyl (C=O) groups is 1. The Kier molecular flexibility index (Phi) is 3.39. The van der Waals surface area contributed by atoms with Crippen LogP contribution in [0.15, 0.2) is 48.5 Å². The molecule has 2 aromatic carbocycles. The van der Waals surface area contributed by atoms with Crippen LogP contribution in [0.1, 0.15) is 21.6 Å². The van der Waals surface area contributed by atoms with Crippen molar-refractivity contribution < 1.29 is 20.1 Å². The Hall–Kier alpha value is -3.08. The normalized spacial score (nSPS) is 10.7. The fraction of sp³-hybridized carbons (Fsp3) is 0.0588. The van der Waals surface area contributed by atoms with E-state index >= 15 is 0 Å². The molecule has 3 N–H and O–H groups in total. The lowest BCUT2D eigenvalue weighted by atomic mass is 10.0. The SMILES string of the molecule is O=C(O)c1nc2ccc(Cc3ccccc3)cc2c(O)c1O. The van der Waals surface area contributed by atoms with Crippen molar-refractivity contribution in [2.75, 3.05) is 0 Å². The molecule has 3 rings (SSSR count). The molecule has 0 amide bonds. The van der Waals surface area contributed by atoms with Gasteiger partial charge in [-0.25, -0.2) is 9.78 Å². The zero-order valence-electron chi connectivity index (χ0n) is 11.5. The van der Waals surface area contributed by atoms with Gasteiger partial charge in [0.1, 0.15) is 0 Å². The summed E-state index contributed by atoms with van der Waals surface area (Å²) in [6.45, 7) is 0. The molecule has 1 aromatic heterocycles. The standard InChI is InChI=1S/C17H13NO4/c19-15-12-9-11(8-10-4-2-1-3-5-10)6-7-13(12)18-14(16(15)20)17(21)22/h1-7,9,20H,8H2,(H,18,19)(H,21,22). The fourth-order valence-corrected chi connectivity index (χ4v) is 2.37. The van der Waals surface area contributed by atoms with Crippen LogP contribution < -0.4 is 0 Å². The van der Waals surface area contributed by atoms with Crippen LogP contribution in [0, 0.1) is 0 Å². The maximum absolute atomic E-state index is 11.0. The summed E-state index contributed by atoms with van der Waals surface area (Å²) in [7, 11) is 0. The zero-order valence-corrected chi connectivity index (χ0v) is 11.5. The summed E-state index contributed by atoms with van der Waals surface area (Å²) in [5.41, 5.74) is 1.81. The maximum atomic E-state index is 11.0. The van der Waals surface area contributed by atoms with Crippen molar-refractivity contribution in [3.05, 3.63) is 65.4 Å². The van der Waals surface area contributed by atoms with Crippen molar-refractivity contribution in [3.63, 3.8) is 0 Å². The highest BCUT2D eigenvalue weighted by Crippen LogP contribution is 2.35. The molecular formula is C17H13NO4. The molecule has 0 bridgehead atoms. The van der Waals surface area contributed by atoms with Gasteiger partial charge in [0.05, 0.1) is 5.52 Å². The zero-order chi connectivity index (χ0) is 15.7. The van der Waals surface area contributed by atoms with E-state index < -0.39 is 23.2 Å². The number of aromatic hydroxyl groups is 2. The molecule has 0 aliphatic rings. The summed E-state index contributed by atoms with van der Waals surface area (Å²) in [5.74, 6) is -2.56. The lowest BCUT2D eigenvalue weighted by Crippen LogP contribution is -2.01. The molecule has 0 spiro atoms. The second-order valence-electron chi connectivity index (χ2n) is 4.98. The summed E-state index contributed by atoms with van der Waals surface area (Å²) in [5, 5.41) is 29.1. The molecule has 110 valence electrons. The van der Waals surface area contributed by atoms with Crippen LogP contribution in [0.25, 0.3) is 10.9 Å². The molecule has 0 unspecified atom stereocenters. The fourth-order valence-electron chi connectivity index (χ4n) is 2.37. The highest BCUT2D eigenvalue weighted by atomic mass is 16.4. The van der Waals surface area contributed by atoms with Gasteiger partial charge in [-0.15, -0.1) is 0 Å². The van der Waals surface area contributed by atoms with Gasteiger partial charge in [-0.1, -0.05) is 36.4 Å². The highest BCUT2D eigenvalue weighted by molar-refractivity contribution is 5.97. The number of carboxylic acids is 1. The first-order valence-corrected chi connectivity index (χ1v) is 6.68. The van der Waals surface area contributed by atoms with E-state index in [0.717, 1.165) is 11.1 Å². The van der Waals surface area contributed by atoms with Crippen LogP contribution in [0.3, 0.4) is 0 Å². The maximum Gasteiger partial charge on any atom is 0.358 e. The molecule has 0 aliphatic heterocycles. The van der Waals surface area contributed by atoms with Gasteiger partial charge in [0, 0.05) is 5.39 Å². The molecule has 3 aromatic rings. The summed E-state index contributed by atoms with van der Waals surface area (Å²) in [4.78, 5) is 14.9. The summed E-state index contributed by atoms with van der Waals surface area (Å²) in [6, 6.07) is 15.0. The predicted molar refractivity (Wildman–Crippen MR) is 81.3 cm³/mol. The number of rotatable bonds is 3. The van der Waals surface area contributed by atoms with Gasteiger partial charge >= 0.3 is 5.97 Å². The van der Waals surface area contributed by atoms with Crippen LogP contribution in [-0.2, 0) is 6.42 Å². The van der Waals surface area contributed by atoms with Gasteiger partial charge in [-0.05, 0) is 29.7 Å². The molecule has 5 nitrogen and oxygen atoms in total. The van der Waals surface area contributed by atoms with E-state index in [1.54, 1.807) is 12.1 Å². The minimum atomic E-state index is -1.39. The first-order chi connectivity index (χ1) is 10.6. The topological polar surface area (TPSA) is 90.7 Å². The summed E-state index contributed by atoms with van der Waals surface area (Å²) < 4.78 is 0. The minimum absolute atomic E-state index is 0.324. The number of nitrogens with zero attached hydrogens (tertiary/aromatic N) is 1. The Balaban J connectivity index is 2.08. The number of aromatic nitrogens is 1. The van der Waals surface area contributed by atoms with Gasteiger partial charge in [0.15, 0.2) is 17.2 Å². The number of carboxylic acid groups (broad SMARTS) is 1. The summed E-state index contributed by atoms with van der Waals surface area (Å²) >= 11 is 0. The second kappa shape index (κ2) is 5.37. The third-order valence-electron chi connectivity index (χ3n) is 3.45. The molecular weight excluding hydrogens is 282 g/mol. The first kappa shape index (κ1) is 13.9. The minimum Gasteiger partial charge on any atom is -0.504 e. The second-order valence-corrected chi connectivity index (χ2v) is 4.98. The van der Waals surface area contributed by atoms with Gasteiger partial charge in [-0.3, -0.25) is 0 Å². The van der Waals surface area contributed by atoms with Crippen molar-refractivity contribution in [1.82, 2.24) is 4.98 Å². The van der Waals surface area contributed by atoms with Gasteiger partial charge in [0.2, 0.25) is 0 Å². The smallest absolute Gasteiger partial charge is 0.358 e. The molecule has 0 saturated carbocycles. The van der Waals surface area contributed by atoms with Crippen LogP contribution in [0.2, 0.25) is 0 Å². The Labute approximate surface area is 126 Å². The Bertz CT molecular complexity index is 859. The van der Waals surface area contributed by atoms with Crippen molar-refractivity contribution in [3.8, 4) is 11.5 Å². The average molecular weight is 295 g/mol. The third-order valence-corrected chi connectivity index (χ3v) is 3.45. The van der Waals surface area contributed by atoms with Gasteiger partial charge < -0.3 is 15.3 Å². The molecule has 0 saturated heterocycles. The van der Waals surface area contributed by atoms with Crippen molar-refractivity contribution in [1.29, 1.82) is 0 Å². The van der Waals surface area contributed by atoms with Gasteiger partial charge in [0.25, 0.3) is 0 Å². The Morgan fingerprint density at radius 2 is 1.68 bits per heavy atom. The van der Waals surface area contributed by atoms with E-state index in [1.165, 1.54) is 0 Å². The quantitative estimate of drug-likeness (QED) is 0.691. The number of benzene rings is 2. The van der Waals surface area contributed by atoms with E-state index in [2.05, 4.69) is 4.98 Å². The monoisotopic (exact) mass is 295 g/mol. The van der Waals surface area contributed by atoms with Crippen molar-refractivity contribution >= 4 is 16.9 Å². The number of hydrogen-bond donors (Lipinski definition) is 3. The van der Waals surface area contributed by atoms with E-state index in [4.69, 9.17) is 5.11 Å². The molecule has 1 heterocycles. The van der Waals surface area contributed by atoms with Crippen molar-refractivity contribution in [2.45, 2.75) is 6.42 Å². The lowest BCUT2D eigenvalue weighted by Gasteiger charge is -2.08.